The van der Waals surface area contributed by atoms with E-state index in [1.807, 2.05) is 12.3 Å². The Morgan fingerprint density at radius 3 is 2.83 bits per heavy atom. The van der Waals surface area contributed by atoms with Crippen molar-refractivity contribution in [1.82, 2.24) is 4.90 Å². The maximum atomic E-state index is 5.42. The summed E-state index contributed by atoms with van der Waals surface area (Å²) >= 11 is 1.80. The van der Waals surface area contributed by atoms with Crippen LogP contribution in [0.15, 0.2) is 34.3 Å². The fourth-order valence-corrected chi connectivity index (χ4v) is 3.19. The number of hydrogen-bond donors (Lipinski definition) is 0. The molecule has 0 aliphatic carbocycles. The second kappa shape index (κ2) is 5.16. The van der Waals surface area contributed by atoms with Gasteiger partial charge in [0.25, 0.3) is 0 Å². The van der Waals surface area contributed by atoms with E-state index >= 15 is 0 Å². The first-order valence-electron chi connectivity index (χ1n) is 6.14. The van der Waals surface area contributed by atoms with E-state index < -0.39 is 0 Å². The van der Waals surface area contributed by atoms with E-state index in [0.29, 0.717) is 0 Å². The van der Waals surface area contributed by atoms with Crippen LogP contribution in [0.1, 0.15) is 5.56 Å². The predicted octanol–water partition coefficient (Wildman–Crippen LogP) is 2.77. The third-order valence-electron chi connectivity index (χ3n) is 3.25. The second-order valence-electron chi connectivity index (χ2n) is 4.30. The maximum absolute atomic E-state index is 5.42. The van der Waals surface area contributed by atoms with Crippen molar-refractivity contribution in [3.8, 4) is 0 Å². The van der Waals surface area contributed by atoms with E-state index in [-0.39, 0.29) is 0 Å². The molecule has 0 radical (unpaired) electrons. The predicted molar refractivity (Wildman–Crippen MR) is 77.4 cm³/mol. The Morgan fingerprint density at radius 2 is 2.06 bits per heavy atom. The van der Waals surface area contributed by atoms with Crippen molar-refractivity contribution in [1.29, 1.82) is 0 Å². The number of aliphatic imine (C=N–C) groups is 1. The van der Waals surface area contributed by atoms with Gasteiger partial charge in [0.05, 0.1) is 23.9 Å². The molecule has 0 amide bonds. The monoisotopic (exact) mass is 260 g/mol. The van der Waals surface area contributed by atoms with Gasteiger partial charge in [0.2, 0.25) is 0 Å². The van der Waals surface area contributed by atoms with E-state index in [4.69, 9.17) is 4.74 Å². The molecule has 1 saturated heterocycles. The Kier molecular flexibility index (Phi) is 3.39. The number of hydrogen-bond acceptors (Lipinski definition) is 4. The molecule has 3 nitrogen and oxygen atoms in total. The lowest BCUT2D eigenvalue weighted by molar-refractivity contribution is 0.0580. The van der Waals surface area contributed by atoms with Crippen LogP contribution in [0.3, 0.4) is 0 Å². The van der Waals surface area contributed by atoms with Crippen molar-refractivity contribution in [2.24, 2.45) is 4.99 Å². The van der Waals surface area contributed by atoms with Crippen LogP contribution in [0, 0.1) is 0 Å². The standard InChI is InChI=1S/C14H16N2OS/c1-18-14(16-6-8-17-9-7-16)12-10-15-13-5-3-2-4-11(12)13/h2-5,10H,6-9H2,1H3. The van der Waals surface area contributed by atoms with Gasteiger partial charge in [-0.15, -0.1) is 11.8 Å². The average molecular weight is 260 g/mol. The van der Waals surface area contributed by atoms with Gasteiger partial charge in [-0.3, -0.25) is 4.99 Å². The lowest BCUT2D eigenvalue weighted by Gasteiger charge is -2.31. The van der Waals surface area contributed by atoms with E-state index in [2.05, 4.69) is 34.3 Å². The van der Waals surface area contributed by atoms with Crippen LogP contribution in [0.2, 0.25) is 0 Å². The molecule has 0 spiro atoms. The normalized spacial score (nSPS) is 21.1. The highest BCUT2D eigenvalue weighted by molar-refractivity contribution is 8.02. The average Bonchev–Trinajstić information content (AvgIpc) is 2.85. The number of allylic oxidation sites excluding steroid dienone is 1. The first kappa shape index (κ1) is 11.8. The van der Waals surface area contributed by atoms with Gasteiger partial charge in [-0.2, -0.15) is 0 Å². The van der Waals surface area contributed by atoms with Crippen molar-refractivity contribution in [3.05, 3.63) is 34.9 Å². The summed E-state index contributed by atoms with van der Waals surface area (Å²) in [6.07, 6.45) is 4.12. The molecule has 0 saturated carbocycles. The fourth-order valence-electron chi connectivity index (χ4n) is 2.36. The summed E-state index contributed by atoms with van der Waals surface area (Å²) in [5.74, 6) is 0. The van der Waals surface area contributed by atoms with Crippen molar-refractivity contribution < 1.29 is 4.74 Å². The summed E-state index contributed by atoms with van der Waals surface area (Å²) in [5.41, 5.74) is 3.57. The van der Waals surface area contributed by atoms with Gasteiger partial charge in [0.1, 0.15) is 0 Å². The number of nitrogens with zero attached hydrogens (tertiary/aromatic N) is 2. The van der Waals surface area contributed by atoms with Crippen molar-refractivity contribution in [3.63, 3.8) is 0 Å². The highest BCUT2D eigenvalue weighted by Gasteiger charge is 2.21. The molecule has 0 N–H and O–H groups in total. The topological polar surface area (TPSA) is 24.8 Å². The lowest BCUT2D eigenvalue weighted by atomic mass is 10.1. The Hall–Kier alpha value is -1.26. The van der Waals surface area contributed by atoms with Gasteiger partial charge >= 0.3 is 0 Å². The SMILES string of the molecule is CSC(=C1C=Nc2ccccc21)N1CCOCC1. The van der Waals surface area contributed by atoms with E-state index in [0.717, 1.165) is 32.0 Å². The molecule has 0 bridgehead atoms. The summed E-state index contributed by atoms with van der Waals surface area (Å²) in [5, 5.41) is 1.31. The van der Waals surface area contributed by atoms with Crippen LogP contribution in [0.4, 0.5) is 5.69 Å². The third-order valence-corrected chi connectivity index (χ3v) is 4.11. The summed E-state index contributed by atoms with van der Waals surface area (Å²) < 4.78 is 5.42. The van der Waals surface area contributed by atoms with E-state index in [1.54, 1.807) is 11.8 Å². The Balaban J connectivity index is 2.00. The van der Waals surface area contributed by atoms with Gasteiger partial charge in [-0.25, -0.2) is 0 Å². The van der Waals surface area contributed by atoms with Crippen molar-refractivity contribution >= 4 is 29.2 Å². The van der Waals surface area contributed by atoms with Gasteiger partial charge < -0.3 is 9.64 Å². The molecule has 0 atom stereocenters. The van der Waals surface area contributed by atoms with E-state index in [1.165, 1.54) is 16.2 Å². The van der Waals surface area contributed by atoms with Crippen LogP contribution in [-0.4, -0.2) is 43.7 Å². The molecule has 2 heterocycles. The number of thioether (sulfide) groups is 1. The molecule has 1 aromatic carbocycles. The van der Waals surface area contributed by atoms with Gasteiger partial charge in [0, 0.05) is 30.4 Å². The molecular weight excluding hydrogens is 244 g/mol. The summed E-state index contributed by atoms with van der Waals surface area (Å²) in [4.78, 5) is 6.89. The number of para-hydroxylation sites is 1. The van der Waals surface area contributed by atoms with Crippen LogP contribution in [-0.2, 0) is 4.74 Å². The van der Waals surface area contributed by atoms with E-state index in [9.17, 15) is 0 Å². The molecule has 0 unspecified atom stereocenters. The van der Waals surface area contributed by atoms with Gasteiger partial charge in [-0.1, -0.05) is 18.2 Å². The quantitative estimate of drug-likeness (QED) is 0.817. The fraction of sp³-hybridized carbons (Fsp3) is 0.357. The first-order chi connectivity index (χ1) is 8.90. The van der Waals surface area contributed by atoms with Crippen molar-refractivity contribution in [2.45, 2.75) is 0 Å². The summed E-state index contributed by atoms with van der Waals surface area (Å²) in [6.45, 7) is 3.57. The zero-order valence-corrected chi connectivity index (χ0v) is 11.2. The molecule has 1 fully saturated rings. The number of morpholine rings is 1. The van der Waals surface area contributed by atoms with Crippen LogP contribution >= 0.6 is 11.8 Å². The largest absolute Gasteiger partial charge is 0.378 e. The molecule has 0 aromatic heterocycles. The minimum Gasteiger partial charge on any atom is -0.378 e. The molecule has 94 valence electrons. The number of fused-ring (bicyclic) bond motifs is 1. The second-order valence-corrected chi connectivity index (χ2v) is 5.09. The molecule has 2 aliphatic heterocycles. The smallest absolute Gasteiger partial charge is 0.0802 e. The van der Waals surface area contributed by atoms with Crippen LogP contribution in [0.5, 0.6) is 0 Å². The van der Waals surface area contributed by atoms with Crippen LogP contribution < -0.4 is 0 Å². The summed E-state index contributed by atoms with van der Waals surface area (Å²) in [7, 11) is 0. The molecular formula is C14H16N2OS. The highest BCUT2D eigenvalue weighted by Crippen LogP contribution is 2.36. The maximum Gasteiger partial charge on any atom is 0.0802 e. The molecule has 18 heavy (non-hydrogen) atoms. The van der Waals surface area contributed by atoms with Crippen molar-refractivity contribution in [2.75, 3.05) is 32.6 Å². The zero-order chi connectivity index (χ0) is 12.4. The third kappa shape index (κ3) is 2.06. The van der Waals surface area contributed by atoms with Crippen LogP contribution in [0.25, 0.3) is 5.57 Å². The number of ether oxygens (including phenoxy) is 1. The Bertz CT molecular complexity index is 504. The molecule has 3 rings (SSSR count). The molecule has 1 aromatic rings. The first-order valence-corrected chi connectivity index (χ1v) is 7.37. The minimum absolute atomic E-state index is 0.816. The highest BCUT2D eigenvalue weighted by atomic mass is 32.2. The molecule has 2 aliphatic rings. The Morgan fingerprint density at radius 1 is 1.28 bits per heavy atom. The lowest BCUT2D eigenvalue weighted by Crippen LogP contribution is -2.35. The number of rotatable bonds is 2. The van der Waals surface area contributed by atoms with Gasteiger partial charge in [-0.05, 0) is 12.3 Å². The minimum atomic E-state index is 0.816. The zero-order valence-electron chi connectivity index (χ0n) is 10.4. The number of benzene rings is 1. The Labute approximate surface area is 112 Å². The molecule has 4 heteroatoms. The van der Waals surface area contributed by atoms with Gasteiger partial charge in [0.15, 0.2) is 0 Å². The summed E-state index contributed by atoms with van der Waals surface area (Å²) in [6, 6.07) is 8.32.